The molecule has 8 heteroatoms. The predicted octanol–water partition coefficient (Wildman–Crippen LogP) is 4.15. The minimum absolute atomic E-state index is 0.141. The lowest BCUT2D eigenvalue weighted by atomic mass is 10.1. The number of anilines is 1. The first-order chi connectivity index (χ1) is 14.0. The molecule has 4 aromatic rings. The van der Waals surface area contributed by atoms with Crippen LogP contribution >= 0.6 is 11.3 Å². The van der Waals surface area contributed by atoms with Gasteiger partial charge in [0.2, 0.25) is 5.95 Å². The maximum atomic E-state index is 13.4. The number of thiazole rings is 1. The smallest absolute Gasteiger partial charge is 0.257 e. The highest BCUT2D eigenvalue weighted by Gasteiger charge is 2.12. The average molecular weight is 406 g/mol. The third-order valence-electron chi connectivity index (χ3n) is 4.24. The van der Waals surface area contributed by atoms with Gasteiger partial charge in [0.15, 0.2) is 5.13 Å². The highest BCUT2D eigenvalue weighted by molar-refractivity contribution is 7.22. The van der Waals surface area contributed by atoms with Gasteiger partial charge in [-0.25, -0.2) is 15.0 Å². The fourth-order valence-electron chi connectivity index (χ4n) is 2.71. The molecule has 2 N–H and O–H groups in total. The minimum atomic E-state index is -0.574. The fourth-order valence-corrected chi connectivity index (χ4v) is 3.54. The van der Waals surface area contributed by atoms with Crippen molar-refractivity contribution in [2.75, 3.05) is 11.9 Å². The van der Waals surface area contributed by atoms with E-state index < -0.39 is 5.95 Å². The second-order valence-electron chi connectivity index (χ2n) is 6.20. The van der Waals surface area contributed by atoms with Crippen LogP contribution < -0.4 is 5.32 Å². The summed E-state index contributed by atoms with van der Waals surface area (Å²) < 4.78 is 13.4. The molecule has 144 valence electrons. The van der Waals surface area contributed by atoms with Crippen molar-refractivity contribution in [2.24, 2.45) is 0 Å². The lowest BCUT2D eigenvalue weighted by Gasteiger charge is -2.04. The topological polar surface area (TPSA) is 88.0 Å². The summed E-state index contributed by atoms with van der Waals surface area (Å²) in [7, 11) is 0. The summed E-state index contributed by atoms with van der Waals surface area (Å²) in [5.41, 5.74) is 3.66. The Morgan fingerprint density at radius 3 is 2.59 bits per heavy atom. The van der Waals surface area contributed by atoms with Gasteiger partial charge in [0, 0.05) is 23.4 Å². The van der Waals surface area contributed by atoms with Crippen LogP contribution in [0.1, 0.15) is 15.9 Å². The summed E-state index contributed by atoms with van der Waals surface area (Å²) in [5, 5.41) is 12.3. The first kappa shape index (κ1) is 18.9. The van der Waals surface area contributed by atoms with Crippen LogP contribution in [0.2, 0.25) is 0 Å². The van der Waals surface area contributed by atoms with E-state index in [1.54, 1.807) is 42.5 Å². The lowest BCUT2D eigenvalue weighted by Crippen LogP contribution is -2.11. The summed E-state index contributed by atoms with van der Waals surface area (Å²) in [6, 6.07) is 13.3. The van der Waals surface area contributed by atoms with E-state index in [1.807, 2.05) is 0 Å². The third-order valence-corrected chi connectivity index (χ3v) is 5.12. The molecule has 0 unspecified atom stereocenters. The van der Waals surface area contributed by atoms with Crippen molar-refractivity contribution < 1.29 is 14.3 Å². The molecule has 29 heavy (non-hydrogen) atoms. The summed E-state index contributed by atoms with van der Waals surface area (Å²) in [4.78, 5) is 25.5. The quantitative estimate of drug-likeness (QED) is 0.486. The van der Waals surface area contributed by atoms with E-state index in [2.05, 4.69) is 26.8 Å². The van der Waals surface area contributed by atoms with Crippen molar-refractivity contribution in [1.29, 1.82) is 0 Å². The number of aliphatic hydroxyl groups is 1. The first-order valence-corrected chi connectivity index (χ1v) is 9.45. The van der Waals surface area contributed by atoms with E-state index in [-0.39, 0.29) is 12.5 Å². The Labute approximate surface area is 169 Å². The van der Waals surface area contributed by atoms with Crippen molar-refractivity contribution in [3.63, 3.8) is 0 Å². The number of aliphatic hydroxyl groups excluding tert-OH is 1. The molecule has 0 aliphatic carbocycles. The van der Waals surface area contributed by atoms with Gasteiger partial charge in [-0.3, -0.25) is 10.1 Å². The fraction of sp³-hybridized carbons (Fsp3) is 0.0476. The monoisotopic (exact) mass is 406 g/mol. The van der Waals surface area contributed by atoms with Gasteiger partial charge >= 0.3 is 0 Å². The van der Waals surface area contributed by atoms with E-state index in [1.165, 1.54) is 23.6 Å². The van der Waals surface area contributed by atoms with Crippen LogP contribution in [0.15, 0.2) is 61.3 Å². The number of nitrogens with zero attached hydrogens (tertiary/aromatic N) is 3. The zero-order chi connectivity index (χ0) is 20.4. The van der Waals surface area contributed by atoms with E-state index in [0.717, 1.165) is 5.56 Å². The van der Waals surface area contributed by atoms with Crippen molar-refractivity contribution in [1.82, 2.24) is 15.0 Å². The molecule has 0 aliphatic heterocycles. The number of carbonyl (C=O) groups excluding carboxylic acids is 1. The zero-order valence-electron chi connectivity index (χ0n) is 15.1. The number of fused-ring (bicyclic) bond motifs is 1. The second kappa shape index (κ2) is 7.86. The molecule has 0 spiro atoms. The van der Waals surface area contributed by atoms with Gasteiger partial charge in [0.05, 0.1) is 12.3 Å². The number of rotatable bonds is 5. The Hall–Kier alpha value is -3.49. The van der Waals surface area contributed by atoms with Crippen LogP contribution in [-0.4, -0.2) is 32.6 Å². The van der Waals surface area contributed by atoms with E-state index in [9.17, 15) is 9.18 Å². The molecule has 3 heterocycles. The number of nitrogens with one attached hydrogen (secondary N) is 1. The van der Waals surface area contributed by atoms with Gasteiger partial charge in [0.1, 0.15) is 10.3 Å². The van der Waals surface area contributed by atoms with Gasteiger partial charge < -0.3 is 5.11 Å². The van der Waals surface area contributed by atoms with E-state index in [4.69, 9.17) is 5.11 Å². The Morgan fingerprint density at radius 2 is 1.86 bits per heavy atom. The lowest BCUT2D eigenvalue weighted by molar-refractivity contribution is 0.102. The molecule has 1 amide bonds. The Morgan fingerprint density at radius 1 is 1.10 bits per heavy atom. The molecule has 4 rings (SSSR count). The van der Waals surface area contributed by atoms with Gasteiger partial charge in [-0.2, -0.15) is 4.39 Å². The number of hydrogen-bond donors (Lipinski definition) is 2. The highest BCUT2D eigenvalue weighted by Crippen LogP contribution is 2.28. The first-order valence-electron chi connectivity index (χ1n) is 8.63. The van der Waals surface area contributed by atoms with Crippen molar-refractivity contribution in [3.8, 4) is 11.3 Å². The molecule has 0 saturated carbocycles. The summed E-state index contributed by atoms with van der Waals surface area (Å²) in [6.45, 7) is 3.61. The summed E-state index contributed by atoms with van der Waals surface area (Å²) in [6.07, 6.45) is 1.38. The number of benzene rings is 1. The third kappa shape index (κ3) is 4.03. The molecule has 0 bridgehead atoms. The average Bonchev–Trinajstić information content (AvgIpc) is 3.14. The highest BCUT2D eigenvalue weighted by atomic mass is 32.1. The molecule has 1 aromatic carbocycles. The minimum Gasteiger partial charge on any atom is -0.392 e. The van der Waals surface area contributed by atoms with Crippen LogP contribution in [-0.2, 0) is 0 Å². The Kier molecular flexibility index (Phi) is 5.11. The van der Waals surface area contributed by atoms with Crippen molar-refractivity contribution in [2.45, 2.75) is 0 Å². The number of carbonyl (C=O) groups is 1. The van der Waals surface area contributed by atoms with Crippen LogP contribution in [0.4, 0.5) is 9.52 Å². The molecule has 0 saturated heterocycles. The Bertz CT molecular complexity index is 1220. The molecule has 0 aliphatic rings. The standard InChI is InChI=1S/C21H15FN4O2S/c1-12(11-27)13-2-4-14(5-3-13)19(28)26-21-25-17-7-6-16(24-20(17)29-21)15-8-9-23-18(22)10-15/h2-10,27H,1,11H2,(H,25,26,28). The molecule has 3 aromatic heterocycles. The number of halogens is 1. The molecular formula is C21H15FN4O2S. The number of amides is 1. The van der Waals surface area contributed by atoms with Gasteiger partial charge in [-0.05, 0) is 41.5 Å². The van der Waals surface area contributed by atoms with Crippen LogP contribution in [0.5, 0.6) is 0 Å². The number of hydrogen-bond acceptors (Lipinski definition) is 6. The van der Waals surface area contributed by atoms with E-state index >= 15 is 0 Å². The van der Waals surface area contributed by atoms with Crippen LogP contribution in [0, 0.1) is 5.95 Å². The predicted molar refractivity (Wildman–Crippen MR) is 111 cm³/mol. The molecule has 0 radical (unpaired) electrons. The summed E-state index contributed by atoms with van der Waals surface area (Å²) in [5.74, 6) is -0.878. The van der Waals surface area contributed by atoms with Gasteiger partial charge in [-0.15, -0.1) is 0 Å². The zero-order valence-corrected chi connectivity index (χ0v) is 15.9. The SMILES string of the molecule is C=C(CO)c1ccc(C(=O)Nc2nc3ccc(-c4ccnc(F)c4)nc3s2)cc1. The molecule has 0 atom stereocenters. The largest absolute Gasteiger partial charge is 0.392 e. The van der Waals surface area contributed by atoms with Gasteiger partial charge in [0.25, 0.3) is 5.91 Å². The maximum absolute atomic E-state index is 13.4. The normalized spacial score (nSPS) is 10.8. The van der Waals surface area contributed by atoms with Crippen molar-refractivity contribution >= 4 is 38.3 Å². The van der Waals surface area contributed by atoms with Crippen LogP contribution in [0.3, 0.4) is 0 Å². The second-order valence-corrected chi connectivity index (χ2v) is 7.18. The Balaban J connectivity index is 1.55. The number of aromatic nitrogens is 3. The number of pyridine rings is 2. The van der Waals surface area contributed by atoms with Gasteiger partial charge in [-0.1, -0.05) is 30.0 Å². The molecular weight excluding hydrogens is 391 g/mol. The van der Waals surface area contributed by atoms with Crippen LogP contribution in [0.25, 0.3) is 27.2 Å². The molecule has 0 fully saturated rings. The van der Waals surface area contributed by atoms with E-state index in [0.29, 0.717) is 37.9 Å². The molecule has 6 nitrogen and oxygen atoms in total. The van der Waals surface area contributed by atoms with Crippen molar-refractivity contribution in [3.05, 3.63) is 78.4 Å². The maximum Gasteiger partial charge on any atom is 0.257 e. The summed E-state index contributed by atoms with van der Waals surface area (Å²) >= 11 is 1.23.